The van der Waals surface area contributed by atoms with E-state index in [1.54, 1.807) is 30.3 Å². The zero-order valence-corrected chi connectivity index (χ0v) is 15.3. The SMILES string of the molecule is CC(C)NC(=O)Nc1ccc(-c2nc(N)cc(C3(S(=O)O)CC3)n2)cc1. The van der Waals surface area contributed by atoms with Gasteiger partial charge in [0.25, 0.3) is 0 Å². The maximum absolute atomic E-state index is 11.7. The van der Waals surface area contributed by atoms with E-state index in [1.165, 1.54) is 0 Å². The molecule has 3 rings (SSSR count). The van der Waals surface area contributed by atoms with E-state index in [9.17, 15) is 13.6 Å². The van der Waals surface area contributed by atoms with Gasteiger partial charge >= 0.3 is 6.03 Å². The van der Waals surface area contributed by atoms with E-state index >= 15 is 0 Å². The lowest BCUT2D eigenvalue weighted by Crippen LogP contribution is -2.34. The molecule has 1 aliphatic rings. The number of rotatable bonds is 5. The quantitative estimate of drug-likeness (QED) is 0.594. The summed E-state index contributed by atoms with van der Waals surface area (Å²) in [5.41, 5.74) is 7.68. The fourth-order valence-electron chi connectivity index (χ4n) is 2.59. The molecule has 1 heterocycles. The van der Waals surface area contributed by atoms with Crippen molar-refractivity contribution < 1.29 is 13.6 Å². The van der Waals surface area contributed by atoms with E-state index in [2.05, 4.69) is 20.6 Å². The molecule has 1 aromatic heterocycles. The molecule has 0 spiro atoms. The molecule has 26 heavy (non-hydrogen) atoms. The smallest absolute Gasteiger partial charge is 0.319 e. The van der Waals surface area contributed by atoms with Crippen LogP contribution in [-0.4, -0.2) is 30.8 Å². The molecule has 1 aliphatic carbocycles. The number of nitrogen functional groups attached to an aromatic ring is 1. The van der Waals surface area contributed by atoms with Gasteiger partial charge in [-0.05, 0) is 51.0 Å². The Morgan fingerprint density at radius 2 is 1.92 bits per heavy atom. The van der Waals surface area contributed by atoms with Crippen LogP contribution in [0.15, 0.2) is 30.3 Å². The van der Waals surface area contributed by atoms with Gasteiger partial charge in [0.15, 0.2) is 16.9 Å². The van der Waals surface area contributed by atoms with E-state index in [4.69, 9.17) is 5.73 Å². The molecule has 1 unspecified atom stereocenters. The van der Waals surface area contributed by atoms with Crippen molar-refractivity contribution >= 4 is 28.6 Å². The zero-order valence-electron chi connectivity index (χ0n) is 14.5. The topological polar surface area (TPSA) is 130 Å². The van der Waals surface area contributed by atoms with Crippen LogP contribution in [0.5, 0.6) is 0 Å². The number of hydrogen-bond donors (Lipinski definition) is 4. The Morgan fingerprint density at radius 3 is 2.46 bits per heavy atom. The van der Waals surface area contributed by atoms with Crippen LogP contribution in [0, 0.1) is 0 Å². The van der Waals surface area contributed by atoms with Crippen LogP contribution in [0.3, 0.4) is 0 Å². The van der Waals surface area contributed by atoms with Gasteiger partial charge in [-0.3, -0.25) is 0 Å². The van der Waals surface area contributed by atoms with Crippen LogP contribution in [0.2, 0.25) is 0 Å². The van der Waals surface area contributed by atoms with Crippen molar-refractivity contribution in [3.8, 4) is 11.4 Å². The minimum atomic E-state index is -2.00. The van der Waals surface area contributed by atoms with E-state index in [1.807, 2.05) is 13.8 Å². The highest BCUT2D eigenvalue weighted by Crippen LogP contribution is 2.50. The molecule has 8 nitrogen and oxygen atoms in total. The molecule has 2 aromatic rings. The molecule has 138 valence electrons. The van der Waals surface area contributed by atoms with Crippen molar-refractivity contribution in [1.29, 1.82) is 0 Å². The van der Waals surface area contributed by atoms with Crippen molar-refractivity contribution in [3.63, 3.8) is 0 Å². The molecule has 0 aliphatic heterocycles. The largest absolute Gasteiger partial charge is 0.384 e. The van der Waals surface area contributed by atoms with E-state index in [0.29, 0.717) is 35.6 Å². The summed E-state index contributed by atoms with van der Waals surface area (Å²) in [6, 6.07) is 8.31. The molecule has 0 bridgehead atoms. The summed E-state index contributed by atoms with van der Waals surface area (Å²) in [4.78, 5) is 20.4. The Labute approximate surface area is 153 Å². The van der Waals surface area contributed by atoms with Crippen molar-refractivity contribution in [2.45, 2.75) is 37.5 Å². The number of urea groups is 1. The maximum atomic E-state index is 11.7. The Morgan fingerprint density at radius 1 is 1.27 bits per heavy atom. The Kier molecular flexibility index (Phi) is 4.92. The number of amides is 2. The molecule has 0 radical (unpaired) electrons. The number of nitrogens with one attached hydrogen (secondary N) is 2. The van der Waals surface area contributed by atoms with Gasteiger partial charge in [0.1, 0.15) is 10.6 Å². The maximum Gasteiger partial charge on any atom is 0.319 e. The van der Waals surface area contributed by atoms with Gasteiger partial charge in [-0.15, -0.1) is 0 Å². The van der Waals surface area contributed by atoms with Crippen molar-refractivity contribution in [1.82, 2.24) is 15.3 Å². The average molecular weight is 375 g/mol. The Bertz CT molecular complexity index is 850. The van der Waals surface area contributed by atoms with Crippen LogP contribution in [0.25, 0.3) is 11.4 Å². The van der Waals surface area contributed by atoms with Crippen LogP contribution >= 0.6 is 0 Å². The van der Waals surface area contributed by atoms with Gasteiger partial charge < -0.3 is 20.9 Å². The number of aromatic nitrogens is 2. The Hall–Kier alpha value is -2.52. The summed E-state index contributed by atoms with van der Waals surface area (Å²) in [7, 11) is 0. The summed E-state index contributed by atoms with van der Waals surface area (Å²) < 4.78 is 20.4. The highest BCUT2D eigenvalue weighted by atomic mass is 32.2. The van der Waals surface area contributed by atoms with E-state index < -0.39 is 15.8 Å². The predicted octanol–water partition coefficient (Wildman–Crippen LogP) is 2.47. The van der Waals surface area contributed by atoms with E-state index in [0.717, 1.165) is 0 Å². The fraction of sp³-hybridized carbons (Fsp3) is 0.353. The van der Waals surface area contributed by atoms with Gasteiger partial charge in [-0.2, -0.15) is 0 Å². The molecule has 1 atom stereocenters. The summed E-state index contributed by atoms with van der Waals surface area (Å²) >= 11 is -2.00. The Balaban J connectivity index is 1.82. The third-order valence-corrected chi connectivity index (χ3v) is 5.36. The van der Waals surface area contributed by atoms with Gasteiger partial charge in [0, 0.05) is 23.4 Å². The highest BCUT2D eigenvalue weighted by Gasteiger charge is 2.52. The molecule has 9 heteroatoms. The summed E-state index contributed by atoms with van der Waals surface area (Å²) in [5, 5.41) is 5.48. The van der Waals surface area contributed by atoms with Crippen LogP contribution in [0.1, 0.15) is 32.4 Å². The number of carbonyl (C=O) groups is 1. The monoisotopic (exact) mass is 375 g/mol. The van der Waals surface area contributed by atoms with Gasteiger partial charge in [-0.25, -0.2) is 19.0 Å². The number of nitrogens with zero attached hydrogens (tertiary/aromatic N) is 2. The normalized spacial score (nSPS) is 16.2. The molecule has 0 saturated heterocycles. The molecule has 1 aromatic carbocycles. The summed E-state index contributed by atoms with van der Waals surface area (Å²) in [5.74, 6) is 0.634. The molecular formula is C17H21N5O3S. The molecule has 1 fully saturated rings. The number of anilines is 2. The first-order chi connectivity index (χ1) is 12.3. The van der Waals surface area contributed by atoms with Crippen molar-refractivity contribution in [3.05, 3.63) is 36.0 Å². The number of carbonyl (C=O) groups excluding carboxylic acids is 1. The predicted molar refractivity (Wildman–Crippen MR) is 101 cm³/mol. The minimum Gasteiger partial charge on any atom is -0.384 e. The van der Waals surface area contributed by atoms with Crippen LogP contribution < -0.4 is 16.4 Å². The van der Waals surface area contributed by atoms with Crippen molar-refractivity contribution in [2.24, 2.45) is 0 Å². The first-order valence-electron chi connectivity index (χ1n) is 8.24. The lowest BCUT2D eigenvalue weighted by Gasteiger charge is -2.13. The lowest BCUT2D eigenvalue weighted by molar-refractivity contribution is 0.250. The third-order valence-electron chi connectivity index (χ3n) is 4.07. The van der Waals surface area contributed by atoms with Gasteiger partial charge in [-0.1, -0.05) is 0 Å². The molecule has 1 saturated carbocycles. The second-order valence-corrected chi connectivity index (χ2v) is 7.86. The molecule has 2 amide bonds. The second-order valence-electron chi connectivity index (χ2n) is 6.58. The third kappa shape index (κ3) is 3.83. The standard InChI is InChI=1S/C17H21N5O3S/c1-10(2)19-16(23)20-12-5-3-11(4-6-12)15-21-13(9-14(18)22-15)17(7-8-17)26(24)25/h3-6,9-10H,7-8H2,1-2H3,(H,24,25)(H2,18,21,22)(H2,19,20,23). The molecular weight excluding hydrogens is 354 g/mol. The summed E-state index contributed by atoms with van der Waals surface area (Å²) in [6.45, 7) is 3.76. The van der Waals surface area contributed by atoms with Crippen molar-refractivity contribution in [2.75, 3.05) is 11.1 Å². The first kappa shape index (κ1) is 18.3. The number of benzene rings is 1. The van der Waals surface area contributed by atoms with E-state index in [-0.39, 0.29) is 17.9 Å². The van der Waals surface area contributed by atoms with Crippen LogP contribution in [-0.2, 0) is 15.8 Å². The highest BCUT2D eigenvalue weighted by molar-refractivity contribution is 7.80. The number of nitrogens with two attached hydrogens (primary N) is 1. The average Bonchev–Trinajstić information content (AvgIpc) is 3.36. The van der Waals surface area contributed by atoms with Crippen LogP contribution in [0.4, 0.5) is 16.3 Å². The lowest BCUT2D eigenvalue weighted by atomic mass is 10.1. The minimum absolute atomic E-state index is 0.0419. The first-order valence-corrected chi connectivity index (χ1v) is 9.35. The number of hydrogen-bond acceptors (Lipinski definition) is 5. The second kappa shape index (κ2) is 7.00. The van der Waals surface area contributed by atoms with Gasteiger partial charge in [0.05, 0.1) is 5.69 Å². The fourth-order valence-corrected chi connectivity index (χ4v) is 3.33. The molecule has 5 N–H and O–H groups in total. The summed E-state index contributed by atoms with van der Waals surface area (Å²) in [6.07, 6.45) is 1.19. The zero-order chi connectivity index (χ0) is 18.9. The van der Waals surface area contributed by atoms with Gasteiger partial charge in [0.2, 0.25) is 0 Å².